The van der Waals surface area contributed by atoms with E-state index in [1.165, 1.54) is 11.8 Å². The summed E-state index contributed by atoms with van der Waals surface area (Å²) < 4.78 is 13.0. The molecular weight excluding hydrogens is 388 g/mol. The number of amides is 1. The second-order valence-corrected chi connectivity index (χ2v) is 7.48. The van der Waals surface area contributed by atoms with Crippen molar-refractivity contribution in [2.45, 2.75) is 25.6 Å². The number of ether oxygens (including phenoxy) is 2. The van der Waals surface area contributed by atoms with Gasteiger partial charge in [0.15, 0.2) is 11.0 Å². The minimum atomic E-state index is -0.125. The number of nitrogens with zero attached hydrogens (tertiary/aromatic N) is 3. The summed E-state index contributed by atoms with van der Waals surface area (Å²) in [6, 6.07) is 13.3. The van der Waals surface area contributed by atoms with Crippen molar-refractivity contribution in [3.05, 3.63) is 59.4 Å². The Bertz CT molecular complexity index is 983. The number of anilines is 1. The molecule has 0 fully saturated rings. The fourth-order valence-corrected chi connectivity index (χ4v) is 3.52. The molecule has 1 amide bonds. The molecule has 1 N–H and O–H groups in total. The van der Waals surface area contributed by atoms with Crippen LogP contribution in [0.4, 0.5) is 5.69 Å². The van der Waals surface area contributed by atoms with Crippen LogP contribution in [0.5, 0.6) is 11.5 Å². The number of hydrogen-bond donors (Lipinski definition) is 1. The number of para-hydroxylation sites is 1. The third kappa shape index (κ3) is 5.29. The maximum Gasteiger partial charge on any atom is 0.234 e. The van der Waals surface area contributed by atoms with Crippen LogP contribution in [0, 0.1) is 13.8 Å². The lowest BCUT2D eigenvalue weighted by molar-refractivity contribution is -0.113. The standard InChI is InChI=1S/C21H24N4O3S/c1-14-7-5-8-15(2)20(14)28-12-18-23-24-21(25(18)3)29-13-19(26)22-16-9-6-10-17(11-16)27-4/h5-11H,12-13H2,1-4H3,(H,22,26). The number of carbonyl (C=O) groups excluding carboxylic acids is 1. The molecule has 2 aromatic carbocycles. The quantitative estimate of drug-likeness (QED) is 0.568. The number of aromatic nitrogens is 3. The number of rotatable bonds is 8. The summed E-state index contributed by atoms with van der Waals surface area (Å²) >= 11 is 1.32. The molecule has 0 spiro atoms. The first-order valence-corrected chi connectivity index (χ1v) is 10.1. The summed E-state index contributed by atoms with van der Waals surface area (Å²) in [6.45, 7) is 4.34. The monoisotopic (exact) mass is 412 g/mol. The maximum absolute atomic E-state index is 12.2. The van der Waals surface area contributed by atoms with Crippen LogP contribution in [0.25, 0.3) is 0 Å². The van der Waals surface area contributed by atoms with E-state index in [-0.39, 0.29) is 11.7 Å². The Labute approximate surface area is 174 Å². The van der Waals surface area contributed by atoms with Crippen molar-refractivity contribution in [2.75, 3.05) is 18.2 Å². The van der Waals surface area contributed by atoms with Gasteiger partial charge in [-0.1, -0.05) is 36.0 Å². The fraction of sp³-hybridized carbons (Fsp3) is 0.286. The van der Waals surface area contributed by atoms with E-state index in [1.54, 1.807) is 13.2 Å². The summed E-state index contributed by atoms with van der Waals surface area (Å²) in [6.07, 6.45) is 0. The van der Waals surface area contributed by atoms with E-state index in [4.69, 9.17) is 9.47 Å². The molecule has 0 aliphatic heterocycles. The number of thioether (sulfide) groups is 1. The Hall–Kier alpha value is -3.00. The van der Waals surface area contributed by atoms with Crippen molar-refractivity contribution in [1.29, 1.82) is 0 Å². The Kier molecular flexibility index (Phi) is 6.77. The number of benzene rings is 2. The topological polar surface area (TPSA) is 78.3 Å². The fourth-order valence-electron chi connectivity index (χ4n) is 2.79. The van der Waals surface area contributed by atoms with Gasteiger partial charge < -0.3 is 19.4 Å². The molecule has 0 saturated carbocycles. The molecular formula is C21H24N4O3S. The first-order chi connectivity index (χ1) is 14.0. The van der Waals surface area contributed by atoms with Crippen LogP contribution in [0.15, 0.2) is 47.6 Å². The molecule has 152 valence electrons. The van der Waals surface area contributed by atoms with Crippen molar-refractivity contribution in [1.82, 2.24) is 14.8 Å². The minimum absolute atomic E-state index is 0.125. The van der Waals surface area contributed by atoms with Crippen molar-refractivity contribution in [3.63, 3.8) is 0 Å². The van der Waals surface area contributed by atoms with Gasteiger partial charge in [-0.2, -0.15) is 0 Å². The van der Waals surface area contributed by atoms with Crippen molar-refractivity contribution in [3.8, 4) is 11.5 Å². The van der Waals surface area contributed by atoms with Gasteiger partial charge in [0.1, 0.15) is 18.1 Å². The molecule has 0 radical (unpaired) electrons. The summed E-state index contributed by atoms with van der Waals surface area (Å²) in [4.78, 5) is 12.2. The summed E-state index contributed by atoms with van der Waals surface area (Å²) in [7, 11) is 3.46. The number of methoxy groups -OCH3 is 1. The number of nitrogens with one attached hydrogen (secondary N) is 1. The van der Waals surface area contributed by atoms with Crippen molar-refractivity contribution < 1.29 is 14.3 Å². The summed E-state index contributed by atoms with van der Waals surface area (Å²) in [5, 5.41) is 11.9. The Morgan fingerprint density at radius 1 is 1.14 bits per heavy atom. The molecule has 0 atom stereocenters. The average molecular weight is 413 g/mol. The van der Waals surface area contributed by atoms with E-state index in [9.17, 15) is 4.79 Å². The van der Waals surface area contributed by atoms with Crippen molar-refractivity contribution >= 4 is 23.4 Å². The van der Waals surface area contributed by atoms with Gasteiger partial charge in [0.05, 0.1) is 12.9 Å². The van der Waals surface area contributed by atoms with Gasteiger partial charge >= 0.3 is 0 Å². The third-order valence-electron chi connectivity index (χ3n) is 4.37. The lowest BCUT2D eigenvalue weighted by atomic mass is 10.1. The first-order valence-electron chi connectivity index (χ1n) is 9.12. The van der Waals surface area contributed by atoms with E-state index < -0.39 is 0 Å². The molecule has 8 heteroatoms. The van der Waals surface area contributed by atoms with E-state index in [0.29, 0.717) is 29.0 Å². The van der Waals surface area contributed by atoms with Crippen LogP contribution in [0.1, 0.15) is 17.0 Å². The highest BCUT2D eigenvalue weighted by Crippen LogP contribution is 2.24. The van der Waals surface area contributed by atoms with E-state index >= 15 is 0 Å². The van der Waals surface area contributed by atoms with Gasteiger partial charge in [-0.25, -0.2) is 0 Å². The van der Waals surface area contributed by atoms with Crippen LogP contribution < -0.4 is 14.8 Å². The van der Waals surface area contributed by atoms with Gasteiger partial charge in [-0.05, 0) is 37.1 Å². The zero-order valence-electron chi connectivity index (χ0n) is 16.9. The van der Waals surface area contributed by atoms with Gasteiger partial charge in [-0.15, -0.1) is 10.2 Å². The lowest BCUT2D eigenvalue weighted by Crippen LogP contribution is -2.14. The molecule has 1 aromatic heterocycles. The van der Waals surface area contributed by atoms with Gasteiger partial charge in [0.2, 0.25) is 5.91 Å². The summed E-state index contributed by atoms with van der Waals surface area (Å²) in [5.74, 6) is 2.35. The normalized spacial score (nSPS) is 10.6. The van der Waals surface area contributed by atoms with Crippen LogP contribution in [-0.2, 0) is 18.4 Å². The van der Waals surface area contributed by atoms with E-state index in [2.05, 4.69) is 15.5 Å². The molecule has 0 unspecified atom stereocenters. The van der Waals surface area contributed by atoms with Crippen LogP contribution in [-0.4, -0.2) is 33.5 Å². The van der Waals surface area contributed by atoms with E-state index in [0.717, 1.165) is 16.9 Å². The molecule has 0 aliphatic carbocycles. The van der Waals surface area contributed by atoms with Crippen LogP contribution >= 0.6 is 11.8 Å². The molecule has 1 heterocycles. The van der Waals surface area contributed by atoms with Gasteiger partial charge in [-0.3, -0.25) is 4.79 Å². The van der Waals surface area contributed by atoms with Crippen molar-refractivity contribution in [2.24, 2.45) is 7.05 Å². The average Bonchev–Trinajstić information content (AvgIpc) is 3.06. The Morgan fingerprint density at radius 2 is 1.86 bits per heavy atom. The number of hydrogen-bond acceptors (Lipinski definition) is 6. The molecule has 0 bridgehead atoms. The molecule has 3 aromatic rings. The smallest absolute Gasteiger partial charge is 0.234 e. The first kappa shape index (κ1) is 20.7. The second kappa shape index (κ2) is 9.47. The highest BCUT2D eigenvalue weighted by atomic mass is 32.2. The number of aryl methyl sites for hydroxylation is 2. The zero-order chi connectivity index (χ0) is 20.8. The lowest BCUT2D eigenvalue weighted by Gasteiger charge is -2.11. The van der Waals surface area contributed by atoms with Crippen LogP contribution in [0.2, 0.25) is 0 Å². The van der Waals surface area contributed by atoms with Crippen LogP contribution in [0.3, 0.4) is 0 Å². The largest absolute Gasteiger partial charge is 0.497 e. The van der Waals surface area contributed by atoms with Gasteiger partial charge in [0.25, 0.3) is 0 Å². The predicted octanol–water partition coefficient (Wildman–Crippen LogP) is 3.75. The summed E-state index contributed by atoms with van der Waals surface area (Å²) in [5.41, 5.74) is 2.85. The highest BCUT2D eigenvalue weighted by Gasteiger charge is 2.13. The van der Waals surface area contributed by atoms with E-state index in [1.807, 2.05) is 61.9 Å². The molecule has 7 nitrogen and oxygen atoms in total. The third-order valence-corrected chi connectivity index (χ3v) is 5.39. The molecule has 0 aliphatic rings. The highest BCUT2D eigenvalue weighted by molar-refractivity contribution is 7.99. The number of carbonyl (C=O) groups is 1. The van der Waals surface area contributed by atoms with Gasteiger partial charge in [0, 0.05) is 18.8 Å². The Balaban J connectivity index is 1.56. The Morgan fingerprint density at radius 3 is 2.59 bits per heavy atom. The maximum atomic E-state index is 12.2. The molecule has 29 heavy (non-hydrogen) atoms. The minimum Gasteiger partial charge on any atom is -0.497 e. The molecule has 0 saturated heterocycles. The predicted molar refractivity (Wildman–Crippen MR) is 114 cm³/mol. The SMILES string of the molecule is COc1cccc(NC(=O)CSc2nnc(COc3c(C)cccc3C)n2C)c1. The zero-order valence-corrected chi connectivity index (χ0v) is 17.7. The molecule has 3 rings (SSSR count). The second-order valence-electron chi connectivity index (χ2n) is 6.54.